The zero-order valence-corrected chi connectivity index (χ0v) is 8.92. The van der Waals surface area contributed by atoms with Crippen molar-refractivity contribution in [3.63, 3.8) is 0 Å². The molecule has 0 bridgehead atoms. The van der Waals surface area contributed by atoms with Crippen molar-refractivity contribution in [2.75, 3.05) is 12.9 Å². The summed E-state index contributed by atoms with van der Waals surface area (Å²) < 4.78 is 27.6. The summed E-state index contributed by atoms with van der Waals surface area (Å²) in [5, 5.41) is -0.568. The van der Waals surface area contributed by atoms with E-state index in [0.29, 0.717) is 12.8 Å². The molecule has 0 radical (unpaired) electrons. The number of carbonyl (C=O) groups is 1. The van der Waals surface area contributed by atoms with E-state index in [1.807, 2.05) is 0 Å². The van der Waals surface area contributed by atoms with Crippen molar-refractivity contribution in [3.8, 4) is 0 Å². The van der Waals surface area contributed by atoms with E-state index in [1.165, 1.54) is 7.11 Å². The number of sulfone groups is 1. The van der Waals surface area contributed by atoms with Crippen molar-refractivity contribution >= 4 is 15.8 Å². The van der Waals surface area contributed by atoms with Gasteiger partial charge in [-0.05, 0) is 12.8 Å². The van der Waals surface area contributed by atoms with Gasteiger partial charge in [0.25, 0.3) is 0 Å². The van der Waals surface area contributed by atoms with Crippen LogP contribution in [0.15, 0.2) is 0 Å². The van der Waals surface area contributed by atoms with E-state index >= 15 is 0 Å². The van der Waals surface area contributed by atoms with Crippen LogP contribution in [0.3, 0.4) is 0 Å². The molecular weight excluding hydrogens is 206 g/mol. The first kappa shape index (κ1) is 11.5. The summed E-state index contributed by atoms with van der Waals surface area (Å²) in [6.45, 7) is 0. The fourth-order valence-corrected chi connectivity index (χ4v) is 3.59. The summed E-state index contributed by atoms with van der Waals surface area (Å²) in [7, 11) is -2.25. The second-order valence-electron chi connectivity index (χ2n) is 3.52. The minimum atomic E-state index is -3.42. The first-order valence-corrected chi connectivity index (χ1v) is 6.23. The molecule has 2 atom stereocenters. The molecule has 1 saturated carbocycles. The highest BCUT2D eigenvalue weighted by atomic mass is 32.2. The number of hydrogen-bond acceptors (Lipinski definition) is 5. The lowest BCUT2D eigenvalue weighted by Gasteiger charge is -2.14. The van der Waals surface area contributed by atoms with Crippen molar-refractivity contribution in [1.82, 2.24) is 0 Å². The number of carbonyl (C=O) groups excluding carboxylic acids is 1. The topological polar surface area (TPSA) is 86.5 Å². The highest BCUT2D eigenvalue weighted by Gasteiger charge is 2.36. The summed E-state index contributed by atoms with van der Waals surface area (Å²) in [6.07, 6.45) is 2.08. The fraction of sp³-hybridized carbons (Fsp3) is 0.875. The lowest BCUT2D eigenvalue weighted by Crippen LogP contribution is -2.38. The Morgan fingerprint density at radius 1 is 1.50 bits per heavy atom. The maximum absolute atomic E-state index is 11.6. The van der Waals surface area contributed by atoms with Crippen molar-refractivity contribution in [3.05, 3.63) is 0 Å². The number of methoxy groups -OCH3 is 1. The van der Waals surface area contributed by atoms with Crippen LogP contribution in [-0.4, -0.2) is 38.5 Å². The Morgan fingerprint density at radius 3 is 2.57 bits per heavy atom. The van der Waals surface area contributed by atoms with Gasteiger partial charge in [0.2, 0.25) is 0 Å². The maximum Gasteiger partial charge on any atom is 0.320 e. The SMILES string of the molecule is COC(=O)CS(=O)(=O)C1CCCC1N. The number of esters is 1. The minimum absolute atomic E-state index is 0.329. The third-order valence-corrected chi connectivity index (χ3v) is 4.66. The van der Waals surface area contributed by atoms with Crippen LogP contribution >= 0.6 is 0 Å². The summed E-state index contributed by atoms with van der Waals surface area (Å²) >= 11 is 0. The maximum atomic E-state index is 11.6. The van der Waals surface area contributed by atoms with Crippen LogP contribution < -0.4 is 5.73 Å². The highest BCUT2D eigenvalue weighted by molar-refractivity contribution is 7.92. The molecule has 0 aliphatic heterocycles. The predicted molar refractivity (Wildman–Crippen MR) is 51.4 cm³/mol. The summed E-state index contributed by atoms with van der Waals surface area (Å²) in [5.41, 5.74) is 5.65. The molecule has 82 valence electrons. The smallest absolute Gasteiger partial charge is 0.320 e. The molecule has 5 nitrogen and oxygen atoms in total. The third kappa shape index (κ3) is 2.45. The van der Waals surface area contributed by atoms with Gasteiger partial charge in [-0.3, -0.25) is 4.79 Å². The highest BCUT2D eigenvalue weighted by Crippen LogP contribution is 2.24. The average Bonchev–Trinajstić information content (AvgIpc) is 2.51. The van der Waals surface area contributed by atoms with E-state index in [9.17, 15) is 13.2 Å². The van der Waals surface area contributed by atoms with Gasteiger partial charge in [0.05, 0.1) is 12.4 Å². The monoisotopic (exact) mass is 221 g/mol. The zero-order chi connectivity index (χ0) is 10.8. The molecule has 0 heterocycles. The van der Waals surface area contributed by atoms with Crippen molar-refractivity contribution in [1.29, 1.82) is 0 Å². The van der Waals surface area contributed by atoms with Crippen LogP contribution in [0.1, 0.15) is 19.3 Å². The van der Waals surface area contributed by atoms with Gasteiger partial charge in [0, 0.05) is 6.04 Å². The van der Waals surface area contributed by atoms with Gasteiger partial charge in [-0.15, -0.1) is 0 Å². The van der Waals surface area contributed by atoms with Gasteiger partial charge in [-0.2, -0.15) is 0 Å². The third-order valence-electron chi connectivity index (χ3n) is 2.51. The van der Waals surface area contributed by atoms with Crippen LogP contribution in [0.5, 0.6) is 0 Å². The van der Waals surface area contributed by atoms with Crippen LogP contribution in [0.25, 0.3) is 0 Å². The molecule has 0 aromatic heterocycles. The number of rotatable bonds is 3. The number of hydrogen-bond donors (Lipinski definition) is 1. The Hall–Kier alpha value is -0.620. The second kappa shape index (κ2) is 4.27. The van der Waals surface area contributed by atoms with Crippen molar-refractivity contribution in [2.45, 2.75) is 30.6 Å². The van der Waals surface area contributed by atoms with Crippen molar-refractivity contribution in [2.24, 2.45) is 5.73 Å². The normalized spacial score (nSPS) is 27.6. The molecule has 0 aromatic rings. The van der Waals surface area contributed by atoms with Gasteiger partial charge in [0.15, 0.2) is 9.84 Å². The van der Waals surface area contributed by atoms with E-state index in [4.69, 9.17) is 5.73 Å². The Bertz CT molecular complexity index is 311. The molecular formula is C8H15NO4S. The van der Waals surface area contributed by atoms with Crippen LogP contribution in [0, 0.1) is 0 Å². The molecule has 0 amide bonds. The first-order chi connectivity index (χ1) is 6.47. The van der Waals surface area contributed by atoms with Crippen molar-refractivity contribution < 1.29 is 17.9 Å². The molecule has 1 rings (SSSR count). The van der Waals surface area contributed by atoms with Gasteiger partial charge < -0.3 is 10.5 Å². The molecule has 0 saturated heterocycles. The lowest BCUT2D eigenvalue weighted by atomic mass is 10.3. The standard InChI is InChI=1S/C8H15NO4S/c1-13-8(10)5-14(11,12)7-4-2-3-6(7)9/h6-7H,2-5,9H2,1H3. The molecule has 2 unspecified atom stereocenters. The molecule has 6 heteroatoms. The Morgan fingerprint density at radius 2 is 2.14 bits per heavy atom. The molecule has 1 aliphatic carbocycles. The summed E-state index contributed by atoms with van der Waals surface area (Å²) in [6, 6.07) is -0.329. The fourth-order valence-electron chi connectivity index (χ4n) is 1.73. The Balaban J connectivity index is 2.70. The summed E-state index contributed by atoms with van der Waals surface area (Å²) in [4.78, 5) is 10.8. The van der Waals surface area contributed by atoms with E-state index in [2.05, 4.69) is 4.74 Å². The minimum Gasteiger partial charge on any atom is -0.468 e. The molecule has 1 fully saturated rings. The quantitative estimate of drug-likeness (QED) is 0.646. The zero-order valence-electron chi connectivity index (χ0n) is 8.10. The van der Waals surface area contributed by atoms with E-state index in [0.717, 1.165) is 6.42 Å². The van der Waals surface area contributed by atoms with Gasteiger partial charge in [-0.25, -0.2) is 8.42 Å². The first-order valence-electron chi connectivity index (χ1n) is 4.51. The average molecular weight is 221 g/mol. The molecule has 1 aliphatic rings. The van der Waals surface area contributed by atoms with Crippen LogP contribution in [0.2, 0.25) is 0 Å². The largest absolute Gasteiger partial charge is 0.468 e. The van der Waals surface area contributed by atoms with E-state index < -0.39 is 26.8 Å². The van der Waals surface area contributed by atoms with E-state index in [-0.39, 0.29) is 6.04 Å². The Kier molecular flexibility index (Phi) is 3.49. The van der Waals surface area contributed by atoms with Gasteiger partial charge in [0.1, 0.15) is 5.75 Å². The van der Waals surface area contributed by atoms with Gasteiger partial charge in [-0.1, -0.05) is 6.42 Å². The molecule has 14 heavy (non-hydrogen) atoms. The number of ether oxygens (including phenoxy) is 1. The Labute approximate surface area is 83.5 Å². The summed E-state index contributed by atoms with van der Waals surface area (Å²) in [5.74, 6) is -1.27. The number of nitrogens with two attached hydrogens (primary N) is 1. The predicted octanol–water partition coefficient (Wildman–Crippen LogP) is -0.546. The van der Waals surface area contributed by atoms with Crippen LogP contribution in [-0.2, 0) is 19.4 Å². The van der Waals surface area contributed by atoms with Gasteiger partial charge >= 0.3 is 5.97 Å². The van der Waals surface area contributed by atoms with Crippen LogP contribution in [0.4, 0.5) is 0 Å². The molecule has 0 aromatic carbocycles. The molecule has 2 N–H and O–H groups in total. The second-order valence-corrected chi connectivity index (χ2v) is 5.74. The molecule has 0 spiro atoms. The van der Waals surface area contributed by atoms with E-state index in [1.54, 1.807) is 0 Å². The lowest BCUT2D eigenvalue weighted by molar-refractivity contribution is -0.137.